The molecule has 1 heterocycles. The molecule has 0 atom stereocenters. The summed E-state index contributed by atoms with van der Waals surface area (Å²) in [5.41, 5.74) is 1.40. The van der Waals surface area contributed by atoms with Gasteiger partial charge in [-0.3, -0.25) is 9.58 Å². The van der Waals surface area contributed by atoms with Gasteiger partial charge in [-0.05, 0) is 24.5 Å². The molecule has 1 aromatic heterocycles. The van der Waals surface area contributed by atoms with Crippen LogP contribution in [-0.4, -0.2) is 20.7 Å². The summed E-state index contributed by atoms with van der Waals surface area (Å²) in [5, 5.41) is 4.39. The monoisotopic (exact) mass is 283 g/mol. The fourth-order valence-corrected chi connectivity index (χ4v) is 3.31. The van der Waals surface area contributed by atoms with Gasteiger partial charge in [0.25, 0.3) is 0 Å². The zero-order chi connectivity index (χ0) is 14.3. The van der Waals surface area contributed by atoms with Gasteiger partial charge in [-0.2, -0.15) is 5.10 Å². The molecule has 3 rings (SSSR count). The van der Waals surface area contributed by atoms with E-state index in [0.29, 0.717) is 6.04 Å². The van der Waals surface area contributed by atoms with E-state index >= 15 is 0 Å². The van der Waals surface area contributed by atoms with Crippen LogP contribution >= 0.6 is 0 Å². The summed E-state index contributed by atoms with van der Waals surface area (Å²) in [6.45, 7) is 1.91. The number of hydrogen-bond donors (Lipinski definition) is 0. The molecular weight excluding hydrogens is 258 g/mol. The molecule has 0 saturated heterocycles. The normalized spacial score (nSPS) is 17.0. The highest BCUT2D eigenvalue weighted by atomic mass is 15.4. The average Bonchev–Trinajstić information content (AvgIpc) is 2.87. The van der Waals surface area contributed by atoms with Crippen molar-refractivity contribution in [3.63, 3.8) is 0 Å². The molecular formula is C18H25N3. The second-order valence-corrected chi connectivity index (χ2v) is 6.06. The van der Waals surface area contributed by atoms with Gasteiger partial charge in [0, 0.05) is 25.0 Å². The first-order chi connectivity index (χ1) is 10.4. The lowest BCUT2D eigenvalue weighted by Crippen LogP contribution is -2.36. The van der Waals surface area contributed by atoms with Crippen molar-refractivity contribution in [1.82, 2.24) is 14.7 Å². The fourth-order valence-electron chi connectivity index (χ4n) is 3.31. The van der Waals surface area contributed by atoms with Crippen LogP contribution in [0.2, 0.25) is 0 Å². The van der Waals surface area contributed by atoms with Gasteiger partial charge >= 0.3 is 0 Å². The summed E-state index contributed by atoms with van der Waals surface area (Å²) in [7, 11) is 0. The summed E-state index contributed by atoms with van der Waals surface area (Å²) in [6.07, 6.45) is 12.1. The second kappa shape index (κ2) is 7.41. The molecule has 1 aliphatic rings. The smallest absolute Gasteiger partial charge is 0.0933 e. The summed E-state index contributed by atoms with van der Waals surface area (Å²) in [5.74, 6) is 0. The van der Waals surface area contributed by atoms with Gasteiger partial charge < -0.3 is 0 Å². The molecule has 112 valence electrons. The van der Waals surface area contributed by atoms with Crippen molar-refractivity contribution in [2.75, 3.05) is 0 Å². The molecule has 0 bridgehead atoms. The highest BCUT2D eigenvalue weighted by molar-refractivity contribution is 5.14. The number of aromatic nitrogens is 2. The third-order valence-corrected chi connectivity index (χ3v) is 4.46. The van der Waals surface area contributed by atoms with Gasteiger partial charge in [-0.15, -0.1) is 0 Å². The van der Waals surface area contributed by atoms with Gasteiger partial charge in [-0.1, -0.05) is 56.0 Å². The van der Waals surface area contributed by atoms with Crippen LogP contribution in [0.25, 0.3) is 0 Å². The summed E-state index contributed by atoms with van der Waals surface area (Å²) in [6, 6.07) is 13.5. The maximum atomic E-state index is 4.39. The number of rotatable bonds is 5. The van der Waals surface area contributed by atoms with E-state index in [-0.39, 0.29) is 0 Å². The third-order valence-electron chi connectivity index (χ3n) is 4.46. The Labute approximate surface area is 127 Å². The van der Waals surface area contributed by atoms with Crippen molar-refractivity contribution in [1.29, 1.82) is 0 Å². The highest BCUT2D eigenvalue weighted by Crippen LogP contribution is 2.23. The van der Waals surface area contributed by atoms with Crippen LogP contribution in [0.5, 0.6) is 0 Å². The first-order valence-corrected chi connectivity index (χ1v) is 8.17. The molecule has 3 nitrogen and oxygen atoms in total. The Hall–Kier alpha value is -1.61. The van der Waals surface area contributed by atoms with E-state index in [0.717, 1.165) is 13.2 Å². The zero-order valence-corrected chi connectivity index (χ0v) is 12.7. The molecule has 1 saturated carbocycles. The predicted molar refractivity (Wildman–Crippen MR) is 85.7 cm³/mol. The Balaban J connectivity index is 1.72. The van der Waals surface area contributed by atoms with Crippen LogP contribution in [0, 0.1) is 0 Å². The first-order valence-electron chi connectivity index (χ1n) is 8.17. The molecule has 0 spiro atoms. The molecule has 0 unspecified atom stereocenters. The minimum atomic E-state index is 0.692. The third kappa shape index (κ3) is 4.18. The maximum Gasteiger partial charge on any atom is 0.0933 e. The summed E-state index contributed by atoms with van der Waals surface area (Å²) >= 11 is 0. The van der Waals surface area contributed by atoms with Crippen LogP contribution in [-0.2, 0) is 13.2 Å². The van der Waals surface area contributed by atoms with Gasteiger partial charge in [-0.25, -0.2) is 0 Å². The van der Waals surface area contributed by atoms with Crippen LogP contribution in [0.15, 0.2) is 48.8 Å². The molecule has 1 aromatic carbocycles. The lowest BCUT2D eigenvalue weighted by atomic mass is 10.1. The zero-order valence-electron chi connectivity index (χ0n) is 12.7. The van der Waals surface area contributed by atoms with Crippen molar-refractivity contribution >= 4 is 0 Å². The van der Waals surface area contributed by atoms with Crippen molar-refractivity contribution in [3.8, 4) is 0 Å². The van der Waals surface area contributed by atoms with Gasteiger partial charge in [0.1, 0.15) is 0 Å². The molecule has 21 heavy (non-hydrogen) atoms. The minimum Gasteiger partial charge on any atom is -0.277 e. The van der Waals surface area contributed by atoms with Crippen LogP contribution in [0.1, 0.15) is 44.1 Å². The van der Waals surface area contributed by atoms with Crippen molar-refractivity contribution in [3.05, 3.63) is 54.4 Å². The first kappa shape index (κ1) is 14.3. The molecule has 0 N–H and O–H groups in total. The van der Waals surface area contributed by atoms with E-state index in [1.165, 1.54) is 44.1 Å². The standard InChI is InChI=1S/C18H25N3/c1-2-7-12-18(11-6-1)20(16-21-14-8-13-19-21)15-17-9-4-3-5-10-17/h3-5,8-10,13-14,18H,1-2,6-7,11-12,15-16H2. The Bertz CT molecular complexity index is 499. The lowest BCUT2D eigenvalue weighted by Gasteiger charge is -2.31. The SMILES string of the molecule is c1ccc(CN(Cn2cccn2)C2CCCCCC2)cc1. The van der Waals surface area contributed by atoms with Crippen LogP contribution in [0.3, 0.4) is 0 Å². The molecule has 0 radical (unpaired) electrons. The van der Waals surface area contributed by atoms with E-state index in [1.807, 2.05) is 16.9 Å². The van der Waals surface area contributed by atoms with Crippen LogP contribution < -0.4 is 0 Å². The fraction of sp³-hybridized carbons (Fsp3) is 0.500. The van der Waals surface area contributed by atoms with Crippen molar-refractivity contribution < 1.29 is 0 Å². The molecule has 3 heteroatoms. The molecule has 0 aliphatic heterocycles. The molecule has 0 amide bonds. The van der Waals surface area contributed by atoms with E-state index in [2.05, 4.69) is 46.5 Å². The minimum absolute atomic E-state index is 0.692. The second-order valence-electron chi connectivity index (χ2n) is 6.06. The van der Waals surface area contributed by atoms with Gasteiger partial charge in [0.2, 0.25) is 0 Å². The van der Waals surface area contributed by atoms with Gasteiger partial charge in [0.05, 0.1) is 6.67 Å². The maximum absolute atomic E-state index is 4.39. The van der Waals surface area contributed by atoms with Crippen molar-refractivity contribution in [2.45, 2.75) is 57.8 Å². The largest absolute Gasteiger partial charge is 0.277 e. The number of benzene rings is 1. The molecule has 1 aliphatic carbocycles. The Morgan fingerprint density at radius 2 is 1.76 bits per heavy atom. The quantitative estimate of drug-likeness (QED) is 0.771. The summed E-state index contributed by atoms with van der Waals surface area (Å²) < 4.78 is 2.05. The van der Waals surface area contributed by atoms with E-state index in [1.54, 1.807) is 0 Å². The van der Waals surface area contributed by atoms with Crippen LogP contribution in [0.4, 0.5) is 0 Å². The lowest BCUT2D eigenvalue weighted by molar-refractivity contribution is 0.121. The van der Waals surface area contributed by atoms with E-state index < -0.39 is 0 Å². The molecule has 2 aromatic rings. The molecule has 1 fully saturated rings. The highest BCUT2D eigenvalue weighted by Gasteiger charge is 2.20. The predicted octanol–water partition coefficient (Wildman–Crippen LogP) is 4.07. The Morgan fingerprint density at radius 1 is 1.00 bits per heavy atom. The average molecular weight is 283 g/mol. The van der Waals surface area contributed by atoms with Crippen molar-refractivity contribution in [2.24, 2.45) is 0 Å². The Kier molecular flexibility index (Phi) is 5.06. The van der Waals surface area contributed by atoms with E-state index in [4.69, 9.17) is 0 Å². The number of hydrogen-bond acceptors (Lipinski definition) is 2. The topological polar surface area (TPSA) is 21.1 Å². The van der Waals surface area contributed by atoms with E-state index in [9.17, 15) is 0 Å². The van der Waals surface area contributed by atoms with Gasteiger partial charge in [0.15, 0.2) is 0 Å². The number of nitrogens with zero attached hydrogens (tertiary/aromatic N) is 3. The Morgan fingerprint density at radius 3 is 2.43 bits per heavy atom. The summed E-state index contributed by atoms with van der Waals surface area (Å²) in [4.78, 5) is 2.60.